The molecule has 2 aromatic rings. The Hall–Kier alpha value is -1.46. The van der Waals surface area contributed by atoms with E-state index in [9.17, 15) is 9.50 Å². The number of rotatable bonds is 4. The monoisotopic (exact) mass is 253 g/mol. The third-order valence-corrected chi connectivity index (χ3v) is 2.93. The molecule has 90 valence electrons. The molecule has 0 fully saturated rings. The molecule has 1 heterocycles. The molecule has 0 aliphatic heterocycles. The molecule has 0 aliphatic carbocycles. The second-order valence-electron chi connectivity index (χ2n) is 3.63. The second kappa shape index (κ2) is 5.25. The van der Waals surface area contributed by atoms with E-state index in [1.165, 1.54) is 30.4 Å². The van der Waals surface area contributed by atoms with Gasteiger partial charge in [-0.25, -0.2) is 9.37 Å². The standard InChI is InChI=1S/C12H12FNO2S/c1-8(15)11-3-2-10(4-12(11)13)16-5-9-6-17-7-14-9/h2-4,6-8,15H,5H2,1H3/t8-/m0/s1. The summed E-state index contributed by atoms with van der Waals surface area (Å²) in [6.45, 7) is 1.84. The Labute approximate surface area is 103 Å². The molecule has 0 bridgehead atoms. The summed E-state index contributed by atoms with van der Waals surface area (Å²) in [5.74, 6) is -0.0318. The number of thiazole rings is 1. The van der Waals surface area contributed by atoms with Crippen molar-refractivity contribution < 1.29 is 14.2 Å². The molecule has 3 nitrogen and oxygen atoms in total. The lowest BCUT2D eigenvalue weighted by Crippen LogP contribution is -1.99. The van der Waals surface area contributed by atoms with Gasteiger partial charge in [0.05, 0.1) is 17.3 Å². The molecule has 0 saturated carbocycles. The van der Waals surface area contributed by atoms with Crippen LogP contribution in [0.2, 0.25) is 0 Å². The van der Waals surface area contributed by atoms with Gasteiger partial charge >= 0.3 is 0 Å². The van der Waals surface area contributed by atoms with Crippen molar-refractivity contribution in [2.75, 3.05) is 0 Å². The van der Waals surface area contributed by atoms with Crippen LogP contribution in [0.1, 0.15) is 24.3 Å². The van der Waals surface area contributed by atoms with Crippen molar-refractivity contribution in [1.82, 2.24) is 4.98 Å². The van der Waals surface area contributed by atoms with E-state index in [0.29, 0.717) is 12.4 Å². The van der Waals surface area contributed by atoms with E-state index in [1.807, 2.05) is 5.38 Å². The van der Waals surface area contributed by atoms with Crippen molar-refractivity contribution in [3.05, 3.63) is 46.2 Å². The first kappa shape index (κ1) is 12.0. The number of aliphatic hydroxyl groups excluding tert-OH is 1. The Morgan fingerprint density at radius 2 is 2.35 bits per heavy atom. The van der Waals surface area contributed by atoms with Crippen molar-refractivity contribution >= 4 is 11.3 Å². The van der Waals surface area contributed by atoms with Crippen LogP contribution in [0.3, 0.4) is 0 Å². The van der Waals surface area contributed by atoms with E-state index >= 15 is 0 Å². The molecule has 0 saturated heterocycles. The Kier molecular flexibility index (Phi) is 3.71. The molecule has 1 aromatic heterocycles. The summed E-state index contributed by atoms with van der Waals surface area (Å²) in [5.41, 5.74) is 2.80. The predicted molar refractivity (Wildman–Crippen MR) is 63.5 cm³/mol. The number of benzene rings is 1. The predicted octanol–water partition coefficient (Wildman–Crippen LogP) is 2.91. The second-order valence-corrected chi connectivity index (χ2v) is 4.35. The normalized spacial score (nSPS) is 12.4. The summed E-state index contributed by atoms with van der Waals surface area (Å²) < 4.78 is 18.9. The van der Waals surface area contributed by atoms with Crippen molar-refractivity contribution in [2.45, 2.75) is 19.6 Å². The highest BCUT2D eigenvalue weighted by atomic mass is 32.1. The summed E-state index contributed by atoms with van der Waals surface area (Å²) in [7, 11) is 0. The summed E-state index contributed by atoms with van der Waals surface area (Å²) >= 11 is 1.49. The van der Waals surface area contributed by atoms with Gasteiger partial charge in [-0.3, -0.25) is 0 Å². The first-order chi connectivity index (χ1) is 8.16. The molecule has 1 aromatic carbocycles. The Morgan fingerprint density at radius 1 is 1.53 bits per heavy atom. The lowest BCUT2D eigenvalue weighted by molar-refractivity contribution is 0.193. The van der Waals surface area contributed by atoms with Crippen LogP contribution in [0.15, 0.2) is 29.1 Å². The summed E-state index contributed by atoms with van der Waals surface area (Å²) in [6, 6.07) is 4.43. The minimum atomic E-state index is -0.817. The van der Waals surface area contributed by atoms with E-state index in [-0.39, 0.29) is 5.56 Å². The average Bonchev–Trinajstić information content (AvgIpc) is 2.78. The van der Waals surface area contributed by atoms with Crippen LogP contribution < -0.4 is 4.74 Å². The number of nitrogens with zero attached hydrogens (tertiary/aromatic N) is 1. The van der Waals surface area contributed by atoms with Gasteiger partial charge in [0, 0.05) is 17.0 Å². The van der Waals surface area contributed by atoms with Crippen LogP contribution in [0.5, 0.6) is 5.75 Å². The van der Waals surface area contributed by atoms with Gasteiger partial charge in [-0.05, 0) is 19.1 Å². The largest absolute Gasteiger partial charge is 0.487 e. The first-order valence-electron chi connectivity index (χ1n) is 5.14. The molecule has 1 atom stereocenters. The van der Waals surface area contributed by atoms with Crippen LogP contribution in [0, 0.1) is 5.82 Å². The highest BCUT2D eigenvalue weighted by Gasteiger charge is 2.09. The van der Waals surface area contributed by atoms with E-state index in [1.54, 1.807) is 11.6 Å². The van der Waals surface area contributed by atoms with Gasteiger partial charge in [-0.2, -0.15) is 0 Å². The SMILES string of the molecule is C[C@H](O)c1ccc(OCc2cscn2)cc1F. The van der Waals surface area contributed by atoms with Gasteiger partial charge in [0.25, 0.3) is 0 Å². The smallest absolute Gasteiger partial charge is 0.132 e. The molecule has 17 heavy (non-hydrogen) atoms. The van der Waals surface area contributed by atoms with Crippen molar-refractivity contribution in [3.8, 4) is 5.75 Å². The quantitative estimate of drug-likeness (QED) is 0.911. The van der Waals surface area contributed by atoms with Crippen LogP contribution in [-0.2, 0) is 6.61 Å². The minimum absolute atomic E-state index is 0.269. The van der Waals surface area contributed by atoms with Crippen LogP contribution >= 0.6 is 11.3 Å². The Morgan fingerprint density at radius 3 is 2.94 bits per heavy atom. The lowest BCUT2D eigenvalue weighted by atomic mass is 10.1. The first-order valence-corrected chi connectivity index (χ1v) is 6.08. The zero-order chi connectivity index (χ0) is 12.3. The van der Waals surface area contributed by atoms with Gasteiger partial charge in [-0.1, -0.05) is 0 Å². The fourth-order valence-electron chi connectivity index (χ4n) is 1.40. The summed E-state index contributed by atoms with van der Waals surface area (Å²) in [6.07, 6.45) is -0.817. The third kappa shape index (κ3) is 3.01. The summed E-state index contributed by atoms with van der Waals surface area (Å²) in [5, 5.41) is 11.2. The van der Waals surface area contributed by atoms with Gasteiger partial charge < -0.3 is 9.84 Å². The maximum Gasteiger partial charge on any atom is 0.132 e. The van der Waals surface area contributed by atoms with E-state index in [2.05, 4.69) is 4.98 Å². The molecule has 0 spiro atoms. The van der Waals surface area contributed by atoms with Crippen LogP contribution in [-0.4, -0.2) is 10.1 Å². The minimum Gasteiger partial charge on any atom is -0.487 e. The van der Waals surface area contributed by atoms with E-state index in [0.717, 1.165) is 5.69 Å². The van der Waals surface area contributed by atoms with E-state index in [4.69, 9.17) is 4.74 Å². The molecule has 0 amide bonds. The molecule has 0 aliphatic rings. The van der Waals surface area contributed by atoms with Gasteiger partial charge in [0.15, 0.2) is 0 Å². The van der Waals surface area contributed by atoms with Crippen LogP contribution in [0.4, 0.5) is 4.39 Å². The number of hydrogen-bond donors (Lipinski definition) is 1. The molecule has 1 N–H and O–H groups in total. The maximum atomic E-state index is 13.5. The van der Waals surface area contributed by atoms with Crippen LogP contribution in [0.25, 0.3) is 0 Å². The summed E-state index contributed by atoms with van der Waals surface area (Å²) in [4.78, 5) is 4.06. The highest BCUT2D eigenvalue weighted by Crippen LogP contribution is 2.22. The number of hydrogen-bond acceptors (Lipinski definition) is 4. The van der Waals surface area contributed by atoms with E-state index < -0.39 is 11.9 Å². The third-order valence-electron chi connectivity index (χ3n) is 2.29. The highest BCUT2D eigenvalue weighted by molar-refractivity contribution is 7.07. The fourth-order valence-corrected chi connectivity index (χ4v) is 1.95. The Bertz CT molecular complexity index is 485. The van der Waals surface area contributed by atoms with Crippen molar-refractivity contribution in [3.63, 3.8) is 0 Å². The fraction of sp³-hybridized carbons (Fsp3) is 0.250. The number of ether oxygens (including phenoxy) is 1. The molecular weight excluding hydrogens is 241 g/mol. The number of halogens is 1. The van der Waals surface area contributed by atoms with Gasteiger partial charge in [-0.15, -0.1) is 11.3 Å². The topological polar surface area (TPSA) is 42.4 Å². The van der Waals surface area contributed by atoms with Gasteiger partial charge in [0.1, 0.15) is 18.2 Å². The molecule has 2 rings (SSSR count). The lowest BCUT2D eigenvalue weighted by Gasteiger charge is -2.09. The van der Waals surface area contributed by atoms with Gasteiger partial charge in [0.2, 0.25) is 0 Å². The molecule has 0 unspecified atom stereocenters. The maximum absolute atomic E-state index is 13.5. The molecule has 0 radical (unpaired) electrons. The molecule has 5 heteroatoms. The number of aromatic nitrogens is 1. The zero-order valence-corrected chi connectivity index (χ0v) is 10.1. The van der Waals surface area contributed by atoms with Crippen molar-refractivity contribution in [2.24, 2.45) is 0 Å². The molecular formula is C12H12FNO2S. The average molecular weight is 253 g/mol. The Balaban J connectivity index is 2.05. The number of aliphatic hydroxyl groups is 1. The zero-order valence-electron chi connectivity index (χ0n) is 9.26. The van der Waals surface area contributed by atoms with Crippen molar-refractivity contribution in [1.29, 1.82) is 0 Å².